The summed E-state index contributed by atoms with van der Waals surface area (Å²) >= 11 is 0. The van der Waals surface area contributed by atoms with Gasteiger partial charge in [0.25, 0.3) is 0 Å². The van der Waals surface area contributed by atoms with Crippen LogP contribution in [0.4, 0.5) is 0 Å². The number of nitriles is 1. The molecule has 0 amide bonds. The molecular formula is C20H19NO3. The largest absolute Gasteiger partial charge is 0.465 e. The fraction of sp³-hybridized carbons (Fsp3) is 0.250. The third kappa shape index (κ3) is 3.88. The number of carbonyl (C=O) groups excluding carboxylic acids is 2. The number of hydrogen-bond acceptors (Lipinski definition) is 4. The van der Waals surface area contributed by atoms with Gasteiger partial charge < -0.3 is 4.74 Å². The quantitative estimate of drug-likeness (QED) is 0.462. The van der Waals surface area contributed by atoms with Crippen LogP contribution in [0, 0.1) is 24.2 Å². The standard InChI is InChI=1S/C20H19NO3/c1-3-24-20(23)18(19(22)16-7-5-4-6-8-16)17(13-21)15-11-9-14(2)10-12-15/h4-12,17-18H,3H2,1-2H3. The van der Waals surface area contributed by atoms with Crippen LogP contribution in [-0.4, -0.2) is 18.4 Å². The van der Waals surface area contributed by atoms with E-state index in [1.165, 1.54) is 0 Å². The highest BCUT2D eigenvalue weighted by molar-refractivity contribution is 6.09. The molecule has 0 aromatic heterocycles. The predicted molar refractivity (Wildman–Crippen MR) is 90.4 cm³/mol. The second-order valence-electron chi connectivity index (χ2n) is 5.48. The van der Waals surface area contributed by atoms with Crippen molar-refractivity contribution in [1.29, 1.82) is 5.26 Å². The van der Waals surface area contributed by atoms with Crippen LogP contribution >= 0.6 is 0 Å². The molecule has 0 radical (unpaired) electrons. The SMILES string of the molecule is CCOC(=O)C(C(=O)c1ccccc1)C(C#N)c1ccc(C)cc1. The van der Waals surface area contributed by atoms with Crippen molar-refractivity contribution in [3.05, 3.63) is 71.3 Å². The molecule has 2 aromatic carbocycles. The van der Waals surface area contributed by atoms with E-state index in [9.17, 15) is 14.9 Å². The molecule has 2 unspecified atom stereocenters. The van der Waals surface area contributed by atoms with Crippen molar-refractivity contribution in [3.63, 3.8) is 0 Å². The number of Topliss-reactive ketones (excluding diaryl/α,β-unsaturated/α-hetero) is 1. The van der Waals surface area contributed by atoms with Gasteiger partial charge in [0.15, 0.2) is 5.78 Å². The lowest BCUT2D eigenvalue weighted by molar-refractivity contribution is -0.146. The maximum absolute atomic E-state index is 12.8. The highest BCUT2D eigenvalue weighted by atomic mass is 16.5. The normalized spacial score (nSPS) is 12.7. The van der Waals surface area contributed by atoms with E-state index in [1.807, 2.05) is 19.1 Å². The van der Waals surface area contributed by atoms with Gasteiger partial charge in [-0.05, 0) is 19.4 Å². The van der Waals surface area contributed by atoms with Crippen molar-refractivity contribution >= 4 is 11.8 Å². The molecule has 4 heteroatoms. The Morgan fingerprint density at radius 1 is 1.08 bits per heavy atom. The summed E-state index contributed by atoms with van der Waals surface area (Å²) in [6.45, 7) is 3.77. The molecule has 0 saturated heterocycles. The molecule has 2 rings (SSSR count). The molecule has 0 heterocycles. The number of ketones is 1. The summed E-state index contributed by atoms with van der Waals surface area (Å²) in [5.41, 5.74) is 2.06. The molecule has 0 bridgehead atoms. The average Bonchev–Trinajstić information content (AvgIpc) is 2.61. The van der Waals surface area contributed by atoms with E-state index >= 15 is 0 Å². The number of rotatable bonds is 6. The van der Waals surface area contributed by atoms with E-state index in [0.717, 1.165) is 5.56 Å². The molecule has 0 aliphatic heterocycles. The van der Waals surface area contributed by atoms with E-state index in [0.29, 0.717) is 11.1 Å². The van der Waals surface area contributed by atoms with Crippen LogP contribution in [0.25, 0.3) is 0 Å². The molecule has 0 spiro atoms. The van der Waals surface area contributed by atoms with Crippen molar-refractivity contribution in [2.24, 2.45) is 5.92 Å². The topological polar surface area (TPSA) is 67.2 Å². The van der Waals surface area contributed by atoms with Crippen molar-refractivity contribution in [2.75, 3.05) is 6.61 Å². The Morgan fingerprint density at radius 3 is 2.25 bits per heavy atom. The molecule has 122 valence electrons. The number of nitrogens with zero attached hydrogens (tertiary/aromatic N) is 1. The number of benzene rings is 2. The van der Waals surface area contributed by atoms with Crippen molar-refractivity contribution in [1.82, 2.24) is 0 Å². The summed E-state index contributed by atoms with van der Waals surface area (Å²) in [4.78, 5) is 25.3. The zero-order chi connectivity index (χ0) is 17.5. The van der Waals surface area contributed by atoms with Gasteiger partial charge in [-0.15, -0.1) is 0 Å². The van der Waals surface area contributed by atoms with Crippen molar-refractivity contribution in [2.45, 2.75) is 19.8 Å². The fourth-order valence-electron chi connectivity index (χ4n) is 2.52. The van der Waals surface area contributed by atoms with Crippen LogP contribution in [0.3, 0.4) is 0 Å². The number of carbonyl (C=O) groups is 2. The molecule has 0 aliphatic rings. The first kappa shape index (κ1) is 17.4. The molecule has 0 N–H and O–H groups in total. The van der Waals surface area contributed by atoms with E-state index in [4.69, 9.17) is 4.74 Å². The highest BCUT2D eigenvalue weighted by Crippen LogP contribution is 2.29. The van der Waals surface area contributed by atoms with Gasteiger partial charge in [-0.2, -0.15) is 5.26 Å². The van der Waals surface area contributed by atoms with Gasteiger partial charge in [0.1, 0.15) is 5.92 Å². The van der Waals surface area contributed by atoms with Crippen LogP contribution in [-0.2, 0) is 9.53 Å². The van der Waals surface area contributed by atoms with Gasteiger partial charge in [-0.25, -0.2) is 0 Å². The Balaban J connectivity index is 2.44. The number of esters is 1. The summed E-state index contributed by atoms with van der Waals surface area (Å²) < 4.78 is 5.06. The van der Waals surface area contributed by atoms with Gasteiger partial charge in [0.2, 0.25) is 0 Å². The molecular weight excluding hydrogens is 302 g/mol. The first-order chi connectivity index (χ1) is 11.6. The second kappa shape index (κ2) is 8.07. The van der Waals surface area contributed by atoms with E-state index in [2.05, 4.69) is 6.07 Å². The summed E-state index contributed by atoms with van der Waals surface area (Å²) in [6.07, 6.45) is 0. The molecule has 0 fully saturated rings. The maximum atomic E-state index is 12.8. The zero-order valence-electron chi connectivity index (χ0n) is 13.7. The smallest absolute Gasteiger partial charge is 0.318 e. The minimum Gasteiger partial charge on any atom is -0.465 e. The van der Waals surface area contributed by atoms with E-state index < -0.39 is 23.6 Å². The van der Waals surface area contributed by atoms with Crippen LogP contribution < -0.4 is 0 Å². The Labute approximate surface area is 141 Å². The lowest BCUT2D eigenvalue weighted by Crippen LogP contribution is -2.31. The molecule has 24 heavy (non-hydrogen) atoms. The second-order valence-corrected chi connectivity index (χ2v) is 5.48. The minimum atomic E-state index is -1.18. The number of aryl methyl sites for hydroxylation is 1. The Hall–Kier alpha value is -2.93. The lowest BCUT2D eigenvalue weighted by atomic mass is 9.82. The fourth-order valence-corrected chi connectivity index (χ4v) is 2.52. The minimum absolute atomic E-state index is 0.156. The van der Waals surface area contributed by atoms with Crippen LogP contribution in [0.15, 0.2) is 54.6 Å². The third-order valence-electron chi connectivity index (χ3n) is 3.79. The van der Waals surface area contributed by atoms with Gasteiger partial charge in [0.05, 0.1) is 18.6 Å². The summed E-state index contributed by atoms with van der Waals surface area (Å²) in [7, 11) is 0. The maximum Gasteiger partial charge on any atom is 0.318 e. The Morgan fingerprint density at radius 2 is 1.71 bits per heavy atom. The van der Waals surface area contributed by atoms with Gasteiger partial charge in [-0.1, -0.05) is 60.2 Å². The summed E-state index contributed by atoms with van der Waals surface area (Å²) in [6, 6.07) is 17.9. The van der Waals surface area contributed by atoms with Crippen molar-refractivity contribution in [3.8, 4) is 6.07 Å². The molecule has 0 saturated carbocycles. The van der Waals surface area contributed by atoms with E-state index in [-0.39, 0.29) is 6.61 Å². The molecule has 2 atom stereocenters. The van der Waals surface area contributed by atoms with Gasteiger partial charge >= 0.3 is 5.97 Å². The van der Waals surface area contributed by atoms with Gasteiger partial charge in [0, 0.05) is 5.56 Å². The van der Waals surface area contributed by atoms with Gasteiger partial charge in [-0.3, -0.25) is 9.59 Å². The molecule has 2 aromatic rings. The lowest BCUT2D eigenvalue weighted by Gasteiger charge is -2.20. The molecule has 4 nitrogen and oxygen atoms in total. The zero-order valence-corrected chi connectivity index (χ0v) is 13.7. The third-order valence-corrected chi connectivity index (χ3v) is 3.79. The molecule has 0 aliphatic carbocycles. The van der Waals surface area contributed by atoms with Crippen molar-refractivity contribution < 1.29 is 14.3 Å². The number of ether oxygens (including phenoxy) is 1. The predicted octanol–water partition coefficient (Wildman–Crippen LogP) is 3.66. The Bertz CT molecular complexity index is 745. The van der Waals surface area contributed by atoms with Crippen LogP contribution in [0.1, 0.15) is 34.3 Å². The monoisotopic (exact) mass is 321 g/mol. The summed E-state index contributed by atoms with van der Waals surface area (Å²) in [5, 5.41) is 9.62. The average molecular weight is 321 g/mol. The first-order valence-electron chi connectivity index (χ1n) is 7.80. The summed E-state index contributed by atoms with van der Waals surface area (Å²) in [5.74, 6) is -3.14. The highest BCUT2D eigenvalue weighted by Gasteiger charge is 2.37. The van der Waals surface area contributed by atoms with Crippen LogP contribution in [0.5, 0.6) is 0 Å². The number of hydrogen-bond donors (Lipinski definition) is 0. The van der Waals surface area contributed by atoms with E-state index in [1.54, 1.807) is 49.4 Å². The first-order valence-corrected chi connectivity index (χ1v) is 7.80. The Kier molecular flexibility index (Phi) is 5.86. The van der Waals surface area contributed by atoms with Crippen LogP contribution in [0.2, 0.25) is 0 Å².